The van der Waals surface area contributed by atoms with Crippen molar-refractivity contribution in [2.45, 2.75) is 13.0 Å². The number of rotatable bonds is 3. The Morgan fingerprint density at radius 1 is 1.50 bits per heavy atom. The van der Waals surface area contributed by atoms with Gasteiger partial charge >= 0.3 is 0 Å². The number of hydrogen-bond acceptors (Lipinski definition) is 2. The second-order valence-electron chi connectivity index (χ2n) is 2.71. The summed E-state index contributed by atoms with van der Waals surface area (Å²) in [6.07, 6.45) is 0. The van der Waals surface area contributed by atoms with E-state index in [-0.39, 0.29) is 12.6 Å². The van der Waals surface area contributed by atoms with Gasteiger partial charge in [-0.1, -0.05) is 12.1 Å². The second-order valence-corrected chi connectivity index (χ2v) is 3.56. The molecule has 1 aromatic rings. The van der Waals surface area contributed by atoms with Crippen LogP contribution < -0.4 is 5.32 Å². The van der Waals surface area contributed by atoms with Gasteiger partial charge in [-0.15, -0.1) is 0 Å². The molecule has 1 aromatic carbocycles. The number of para-hydroxylation sites is 1. The van der Waals surface area contributed by atoms with Crippen LogP contribution in [0.3, 0.4) is 0 Å². The number of aliphatic hydroxyl groups excluding tert-OH is 1. The first-order valence-corrected chi connectivity index (χ1v) is 4.65. The third-order valence-electron chi connectivity index (χ3n) is 1.55. The molecular weight excluding hydrogens is 218 g/mol. The lowest BCUT2D eigenvalue weighted by atomic mass is 10.3. The lowest BCUT2D eigenvalue weighted by Gasteiger charge is -2.13. The molecule has 0 aliphatic heterocycles. The fraction of sp³-hybridized carbons (Fsp3) is 0.333. The van der Waals surface area contributed by atoms with E-state index in [0.717, 1.165) is 10.2 Å². The predicted octanol–water partition coefficient (Wildman–Crippen LogP) is 2.24. The third-order valence-corrected chi connectivity index (χ3v) is 2.24. The first-order chi connectivity index (χ1) is 5.74. The van der Waals surface area contributed by atoms with E-state index in [1.165, 1.54) is 0 Å². The summed E-state index contributed by atoms with van der Waals surface area (Å²) < 4.78 is 1.02. The molecule has 1 atom stereocenters. The van der Waals surface area contributed by atoms with Crippen molar-refractivity contribution >= 4 is 21.6 Å². The molecule has 0 amide bonds. The molecule has 0 saturated heterocycles. The zero-order valence-corrected chi connectivity index (χ0v) is 8.51. The summed E-state index contributed by atoms with van der Waals surface area (Å²) in [5.74, 6) is 0. The molecule has 0 fully saturated rings. The summed E-state index contributed by atoms with van der Waals surface area (Å²) in [7, 11) is 0. The zero-order chi connectivity index (χ0) is 8.97. The van der Waals surface area contributed by atoms with Crippen LogP contribution in [0, 0.1) is 0 Å². The maximum Gasteiger partial charge on any atom is 0.0630 e. The van der Waals surface area contributed by atoms with Crippen LogP contribution in [-0.2, 0) is 0 Å². The minimum Gasteiger partial charge on any atom is -0.394 e. The summed E-state index contributed by atoms with van der Waals surface area (Å²) in [5, 5.41) is 12.0. The molecule has 0 aliphatic rings. The van der Waals surface area contributed by atoms with Gasteiger partial charge in [0.1, 0.15) is 0 Å². The van der Waals surface area contributed by atoms with Crippen molar-refractivity contribution in [3.8, 4) is 0 Å². The Morgan fingerprint density at radius 3 is 2.75 bits per heavy atom. The number of aliphatic hydroxyl groups is 1. The van der Waals surface area contributed by atoms with E-state index in [0.29, 0.717) is 0 Å². The number of benzene rings is 1. The van der Waals surface area contributed by atoms with Crippen molar-refractivity contribution in [1.29, 1.82) is 0 Å². The Hall–Kier alpha value is -0.540. The van der Waals surface area contributed by atoms with Crippen LogP contribution in [0.1, 0.15) is 6.92 Å². The first-order valence-electron chi connectivity index (χ1n) is 3.86. The molecule has 2 N–H and O–H groups in total. The number of hydrogen-bond donors (Lipinski definition) is 2. The fourth-order valence-electron chi connectivity index (χ4n) is 0.889. The first kappa shape index (κ1) is 9.55. The van der Waals surface area contributed by atoms with E-state index in [9.17, 15) is 0 Å². The predicted molar refractivity (Wildman–Crippen MR) is 54.3 cm³/mol. The molecule has 0 radical (unpaired) electrons. The molecular formula is C9H12BrNO. The molecule has 0 aliphatic carbocycles. The van der Waals surface area contributed by atoms with Crippen molar-refractivity contribution in [3.05, 3.63) is 28.7 Å². The minimum absolute atomic E-state index is 0.0868. The van der Waals surface area contributed by atoms with Gasteiger partial charge in [-0.2, -0.15) is 0 Å². The van der Waals surface area contributed by atoms with Gasteiger partial charge in [0.05, 0.1) is 6.61 Å². The maximum atomic E-state index is 8.81. The molecule has 2 nitrogen and oxygen atoms in total. The Labute approximate surface area is 80.7 Å². The van der Waals surface area contributed by atoms with Crippen LogP contribution in [-0.4, -0.2) is 17.8 Å². The topological polar surface area (TPSA) is 32.3 Å². The molecule has 0 bridgehead atoms. The number of nitrogens with one attached hydrogen (secondary N) is 1. The highest BCUT2D eigenvalue weighted by atomic mass is 79.9. The quantitative estimate of drug-likeness (QED) is 0.834. The summed E-state index contributed by atoms with van der Waals surface area (Å²) in [4.78, 5) is 0. The molecule has 3 heteroatoms. The van der Waals surface area contributed by atoms with Gasteiger partial charge in [0.25, 0.3) is 0 Å². The van der Waals surface area contributed by atoms with E-state index in [1.54, 1.807) is 0 Å². The summed E-state index contributed by atoms with van der Waals surface area (Å²) in [6, 6.07) is 7.93. The van der Waals surface area contributed by atoms with Crippen LogP contribution >= 0.6 is 15.9 Å². The lowest BCUT2D eigenvalue weighted by molar-refractivity contribution is 0.281. The molecule has 0 saturated carbocycles. The largest absolute Gasteiger partial charge is 0.394 e. The van der Waals surface area contributed by atoms with Gasteiger partial charge in [-0.3, -0.25) is 0 Å². The van der Waals surface area contributed by atoms with Gasteiger partial charge in [0.2, 0.25) is 0 Å². The molecule has 12 heavy (non-hydrogen) atoms. The molecule has 66 valence electrons. The van der Waals surface area contributed by atoms with Crippen LogP contribution in [0.25, 0.3) is 0 Å². The smallest absolute Gasteiger partial charge is 0.0630 e. The monoisotopic (exact) mass is 229 g/mol. The SMILES string of the molecule is CC(CO)Nc1ccccc1Br. The zero-order valence-electron chi connectivity index (χ0n) is 6.92. The highest BCUT2D eigenvalue weighted by Gasteiger charge is 2.01. The van der Waals surface area contributed by atoms with E-state index < -0.39 is 0 Å². The normalized spacial score (nSPS) is 12.6. The van der Waals surface area contributed by atoms with Crippen LogP contribution in [0.2, 0.25) is 0 Å². The van der Waals surface area contributed by atoms with Crippen molar-refractivity contribution in [2.24, 2.45) is 0 Å². The maximum absolute atomic E-state index is 8.81. The third kappa shape index (κ3) is 2.50. The summed E-state index contributed by atoms with van der Waals surface area (Å²) in [5.41, 5.74) is 1.01. The highest BCUT2D eigenvalue weighted by molar-refractivity contribution is 9.10. The van der Waals surface area contributed by atoms with Crippen LogP contribution in [0.4, 0.5) is 5.69 Å². The molecule has 0 spiro atoms. The standard InChI is InChI=1S/C9H12BrNO/c1-7(6-12)11-9-5-3-2-4-8(9)10/h2-5,7,11-12H,6H2,1H3. The van der Waals surface area contributed by atoms with E-state index in [1.807, 2.05) is 31.2 Å². The van der Waals surface area contributed by atoms with Gasteiger partial charge in [-0.25, -0.2) is 0 Å². The number of halogens is 1. The minimum atomic E-state index is 0.0868. The molecule has 1 unspecified atom stereocenters. The van der Waals surface area contributed by atoms with Crippen LogP contribution in [0.5, 0.6) is 0 Å². The second kappa shape index (κ2) is 4.48. The van der Waals surface area contributed by atoms with Crippen molar-refractivity contribution in [1.82, 2.24) is 0 Å². The van der Waals surface area contributed by atoms with Crippen molar-refractivity contribution < 1.29 is 5.11 Å². The average molecular weight is 230 g/mol. The molecule has 0 heterocycles. The number of anilines is 1. The fourth-order valence-corrected chi connectivity index (χ4v) is 1.29. The Morgan fingerprint density at radius 2 is 2.17 bits per heavy atom. The van der Waals surface area contributed by atoms with E-state index in [2.05, 4.69) is 21.2 Å². The lowest BCUT2D eigenvalue weighted by Crippen LogP contribution is -2.19. The summed E-state index contributed by atoms with van der Waals surface area (Å²) >= 11 is 3.41. The van der Waals surface area contributed by atoms with E-state index in [4.69, 9.17) is 5.11 Å². The van der Waals surface area contributed by atoms with Gasteiger partial charge < -0.3 is 10.4 Å². The Balaban J connectivity index is 2.69. The summed E-state index contributed by atoms with van der Waals surface area (Å²) in [6.45, 7) is 2.07. The Bertz CT molecular complexity index is 252. The van der Waals surface area contributed by atoms with Crippen molar-refractivity contribution in [3.63, 3.8) is 0 Å². The average Bonchev–Trinajstić information content (AvgIpc) is 2.09. The Kier molecular flexibility index (Phi) is 3.56. The van der Waals surface area contributed by atoms with E-state index >= 15 is 0 Å². The molecule has 1 rings (SSSR count). The van der Waals surface area contributed by atoms with Crippen LogP contribution in [0.15, 0.2) is 28.7 Å². The molecule has 0 aromatic heterocycles. The van der Waals surface area contributed by atoms with Crippen molar-refractivity contribution in [2.75, 3.05) is 11.9 Å². The van der Waals surface area contributed by atoms with Gasteiger partial charge in [0, 0.05) is 16.2 Å². The van der Waals surface area contributed by atoms with Gasteiger partial charge in [0.15, 0.2) is 0 Å². The van der Waals surface area contributed by atoms with Gasteiger partial charge in [-0.05, 0) is 35.0 Å². The highest BCUT2D eigenvalue weighted by Crippen LogP contribution is 2.21.